The number of H-pyrrole nitrogens is 1. The lowest BCUT2D eigenvalue weighted by molar-refractivity contribution is 0.416. The molecule has 0 aliphatic rings. The second kappa shape index (κ2) is 7.75. The summed E-state index contributed by atoms with van der Waals surface area (Å²) in [7, 11) is 1.70. The maximum atomic E-state index is 5.44. The third kappa shape index (κ3) is 3.81. The first-order valence-electron chi connectivity index (χ1n) is 8.09. The highest BCUT2D eigenvalue weighted by molar-refractivity contribution is 5.70. The number of benzene rings is 2. The Morgan fingerprint density at radius 3 is 2.62 bits per heavy atom. The minimum atomic E-state index is 0.281. The number of aromatic amines is 1. The van der Waals surface area contributed by atoms with Gasteiger partial charge in [-0.3, -0.25) is 0 Å². The zero-order valence-corrected chi connectivity index (χ0v) is 14.0. The van der Waals surface area contributed by atoms with Gasteiger partial charge in [-0.05, 0) is 24.1 Å². The van der Waals surface area contributed by atoms with Crippen LogP contribution in [0.3, 0.4) is 0 Å². The van der Waals surface area contributed by atoms with E-state index in [4.69, 9.17) is 4.74 Å². The molecule has 0 saturated heterocycles. The number of methoxy groups -OCH3 is 1. The fourth-order valence-corrected chi connectivity index (χ4v) is 2.71. The molecule has 1 atom stereocenters. The molecule has 1 heterocycles. The zero-order valence-electron chi connectivity index (χ0n) is 14.0. The summed E-state index contributed by atoms with van der Waals surface area (Å²) in [4.78, 5) is 0. The largest absolute Gasteiger partial charge is 0.496 e. The number of nitrogens with one attached hydrogen (secondary N) is 2. The molecule has 24 heavy (non-hydrogen) atoms. The number of nitrogens with zero attached hydrogens (tertiary/aromatic N) is 2. The normalized spacial score (nSPS) is 12.1. The van der Waals surface area contributed by atoms with Gasteiger partial charge in [0, 0.05) is 24.6 Å². The first kappa shape index (κ1) is 16.2. The van der Waals surface area contributed by atoms with E-state index in [2.05, 4.69) is 58.0 Å². The minimum absolute atomic E-state index is 0.281. The highest BCUT2D eigenvalue weighted by Gasteiger charge is 2.08. The Morgan fingerprint density at radius 2 is 1.92 bits per heavy atom. The Bertz CT molecular complexity index is 753. The summed E-state index contributed by atoms with van der Waals surface area (Å²) in [6.45, 7) is 3.03. The Morgan fingerprint density at radius 1 is 1.12 bits per heavy atom. The molecule has 0 amide bonds. The van der Waals surface area contributed by atoms with Crippen LogP contribution in [-0.2, 0) is 6.42 Å². The molecule has 1 aromatic heterocycles. The standard InChI is InChI=1S/C19H22N4O/c1-14(20-12-11-17-13-21-23-22-17)15-7-9-16(10-8-15)18-5-3-4-6-19(18)24-2/h3-10,13-14,20H,11-12H2,1-2H3,(H,21,22,23). The van der Waals surface area contributed by atoms with Crippen molar-refractivity contribution >= 4 is 0 Å². The number of ether oxygens (including phenoxy) is 1. The van der Waals surface area contributed by atoms with E-state index in [-0.39, 0.29) is 6.04 Å². The monoisotopic (exact) mass is 322 g/mol. The molecule has 5 nitrogen and oxygen atoms in total. The van der Waals surface area contributed by atoms with E-state index < -0.39 is 0 Å². The molecule has 124 valence electrons. The van der Waals surface area contributed by atoms with E-state index in [0.29, 0.717) is 0 Å². The van der Waals surface area contributed by atoms with Crippen molar-refractivity contribution in [3.05, 3.63) is 66.0 Å². The van der Waals surface area contributed by atoms with Gasteiger partial charge in [0.05, 0.1) is 19.0 Å². The molecule has 5 heteroatoms. The molecule has 0 fully saturated rings. The highest BCUT2D eigenvalue weighted by Crippen LogP contribution is 2.30. The van der Waals surface area contributed by atoms with Gasteiger partial charge in [0.15, 0.2) is 0 Å². The van der Waals surface area contributed by atoms with E-state index in [0.717, 1.165) is 35.5 Å². The topological polar surface area (TPSA) is 62.8 Å². The second-order valence-electron chi connectivity index (χ2n) is 5.71. The maximum absolute atomic E-state index is 5.44. The molecular weight excluding hydrogens is 300 g/mol. The van der Waals surface area contributed by atoms with E-state index in [1.165, 1.54) is 5.56 Å². The Balaban J connectivity index is 1.63. The van der Waals surface area contributed by atoms with E-state index in [1.54, 1.807) is 13.3 Å². The molecule has 3 rings (SSSR count). The Kier molecular flexibility index (Phi) is 5.23. The lowest BCUT2D eigenvalue weighted by Gasteiger charge is -2.15. The molecule has 1 unspecified atom stereocenters. The van der Waals surface area contributed by atoms with Crippen molar-refractivity contribution in [2.45, 2.75) is 19.4 Å². The first-order chi connectivity index (χ1) is 11.8. The van der Waals surface area contributed by atoms with E-state index >= 15 is 0 Å². The van der Waals surface area contributed by atoms with Crippen molar-refractivity contribution in [2.24, 2.45) is 0 Å². The summed E-state index contributed by atoms with van der Waals surface area (Å²) in [5, 5.41) is 14.0. The molecule has 0 aliphatic carbocycles. The third-order valence-corrected chi connectivity index (χ3v) is 4.13. The average Bonchev–Trinajstić information content (AvgIpc) is 3.15. The van der Waals surface area contributed by atoms with Gasteiger partial charge in [0.1, 0.15) is 5.75 Å². The van der Waals surface area contributed by atoms with Gasteiger partial charge in [-0.15, -0.1) is 0 Å². The number of aromatic nitrogens is 3. The average molecular weight is 322 g/mol. The molecule has 0 aliphatic heterocycles. The van der Waals surface area contributed by atoms with Gasteiger partial charge in [0.2, 0.25) is 0 Å². The molecule has 3 aromatic rings. The van der Waals surface area contributed by atoms with Crippen LogP contribution >= 0.6 is 0 Å². The fourth-order valence-electron chi connectivity index (χ4n) is 2.71. The lowest BCUT2D eigenvalue weighted by Crippen LogP contribution is -2.21. The van der Waals surface area contributed by atoms with Crippen LogP contribution in [0, 0.1) is 0 Å². The molecular formula is C19H22N4O. The predicted octanol–water partition coefficient (Wildman–Crippen LogP) is 3.37. The van der Waals surface area contributed by atoms with Crippen LogP contribution in [0.5, 0.6) is 5.75 Å². The van der Waals surface area contributed by atoms with Crippen molar-refractivity contribution in [1.82, 2.24) is 20.7 Å². The third-order valence-electron chi connectivity index (χ3n) is 4.13. The lowest BCUT2D eigenvalue weighted by atomic mass is 10.0. The maximum Gasteiger partial charge on any atom is 0.126 e. The van der Waals surface area contributed by atoms with Gasteiger partial charge in [-0.2, -0.15) is 15.4 Å². The Hall–Kier alpha value is -2.66. The van der Waals surface area contributed by atoms with Gasteiger partial charge >= 0.3 is 0 Å². The van der Waals surface area contributed by atoms with Crippen LogP contribution in [0.25, 0.3) is 11.1 Å². The van der Waals surface area contributed by atoms with Crippen LogP contribution in [0.2, 0.25) is 0 Å². The van der Waals surface area contributed by atoms with Crippen molar-refractivity contribution < 1.29 is 4.74 Å². The van der Waals surface area contributed by atoms with Crippen LogP contribution in [-0.4, -0.2) is 29.1 Å². The highest BCUT2D eigenvalue weighted by atomic mass is 16.5. The van der Waals surface area contributed by atoms with Gasteiger partial charge in [-0.25, -0.2) is 0 Å². The van der Waals surface area contributed by atoms with Crippen LogP contribution in [0.15, 0.2) is 54.7 Å². The molecule has 2 N–H and O–H groups in total. The quantitative estimate of drug-likeness (QED) is 0.700. The minimum Gasteiger partial charge on any atom is -0.496 e. The summed E-state index contributed by atoms with van der Waals surface area (Å²) in [5.41, 5.74) is 4.50. The van der Waals surface area contributed by atoms with Gasteiger partial charge < -0.3 is 10.1 Å². The van der Waals surface area contributed by atoms with Crippen molar-refractivity contribution in [3.8, 4) is 16.9 Å². The van der Waals surface area contributed by atoms with Gasteiger partial charge in [0.25, 0.3) is 0 Å². The smallest absolute Gasteiger partial charge is 0.126 e. The van der Waals surface area contributed by atoms with E-state index in [9.17, 15) is 0 Å². The molecule has 0 spiro atoms. The molecule has 2 aromatic carbocycles. The van der Waals surface area contributed by atoms with E-state index in [1.807, 2.05) is 18.2 Å². The molecule has 0 saturated carbocycles. The van der Waals surface area contributed by atoms with Crippen LogP contribution < -0.4 is 10.1 Å². The Labute approximate surface area is 142 Å². The first-order valence-corrected chi connectivity index (χ1v) is 8.09. The summed E-state index contributed by atoms with van der Waals surface area (Å²) >= 11 is 0. The second-order valence-corrected chi connectivity index (χ2v) is 5.71. The number of rotatable bonds is 7. The summed E-state index contributed by atoms with van der Waals surface area (Å²) in [6.07, 6.45) is 2.62. The van der Waals surface area contributed by atoms with Crippen molar-refractivity contribution in [2.75, 3.05) is 13.7 Å². The van der Waals surface area contributed by atoms with Crippen LogP contribution in [0.1, 0.15) is 24.2 Å². The van der Waals surface area contributed by atoms with Gasteiger partial charge in [-0.1, -0.05) is 42.5 Å². The predicted molar refractivity (Wildman–Crippen MR) is 94.9 cm³/mol. The summed E-state index contributed by atoms with van der Waals surface area (Å²) in [6, 6.07) is 17.0. The van der Waals surface area contributed by atoms with Crippen LogP contribution in [0.4, 0.5) is 0 Å². The SMILES string of the molecule is COc1ccccc1-c1ccc(C(C)NCCc2cn[nH]n2)cc1. The summed E-state index contributed by atoms with van der Waals surface area (Å²) < 4.78 is 5.44. The zero-order chi connectivity index (χ0) is 16.8. The molecule has 0 bridgehead atoms. The number of hydrogen-bond donors (Lipinski definition) is 2. The number of hydrogen-bond acceptors (Lipinski definition) is 4. The number of para-hydroxylation sites is 1. The summed E-state index contributed by atoms with van der Waals surface area (Å²) in [5.74, 6) is 0.893. The van der Waals surface area contributed by atoms with Crippen molar-refractivity contribution in [1.29, 1.82) is 0 Å². The van der Waals surface area contributed by atoms with Crippen molar-refractivity contribution in [3.63, 3.8) is 0 Å². The fraction of sp³-hybridized carbons (Fsp3) is 0.263. The molecule has 0 radical (unpaired) electrons.